The molecule has 2 fully saturated rings. The van der Waals surface area contributed by atoms with Crippen LogP contribution in [0.1, 0.15) is 41.6 Å². The number of piperidine rings is 1. The highest BCUT2D eigenvalue weighted by Crippen LogP contribution is 2.46. The van der Waals surface area contributed by atoms with E-state index in [1.54, 1.807) is 23.3 Å². The van der Waals surface area contributed by atoms with Crippen LogP contribution in [0.5, 0.6) is 5.75 Å². The van der Waals surface area contributed by atoms with Crippen LogP contribution in [-0.4, -0.2) is 59.4 Å². The van der Waals surface area contributed by atoms with Gasteiger partial charge in [0.25, 0.3) is 5.91 Å². The lowest BCUT2D eigenvalue weighted by Crippen LogP contribution is -2.49. The topological polar surface area (TPSA) is 110 Å². The highest BCUT2D eigenvalue weighted by atomic mass is 32.1. The molecule has 3 heterocycles. The molecule has 0 bridgehead atoms. The van der Waals surface area contributed by atoms with Gasteiger partial charge in [0, 0.05) is 52.2 Å². The van der Waals surface area contributed by atoms with Gasteiger partial charge in [0.1, 0.15) is 5.75 Å². The maximum atomic E-state index is 13.6. The molecule has 0 radical (unpaired) electrons. The lowest BCUT2D eigenvalue weighted by Gasteiger charge is -2.32. The normalized spacial score (nSPS) is 17.6. The van der Waals surface area contributed by atoms with Gasteiger partial charge in [-0.25, -0.2) is 4.79 Å². The van der Waals surface area contributed by atoms with Crippen molar-refractivity contribution in [3.05, 3.63) is 53.6 Å². The Morgan fingerprint density at radius 3 is 2.74 bits per heavy atom. The number of rotatable bonds is 8. The zero-order valence-corrected chi connectivity index (χ0v) is 22.9. The van der Waals surface area contributed by atoms with Crippen molar-refractivity contribution in [3.63, 3.8) is 0 Å². The molecule has 9 heteroatoms. The van der Waals surface area contributed by atoms with Gasteiger partial charge < -0.3 is 30.4 Å². The SMILES string of the molecule is COc1cc(C(=O)N2CCC[C@@H](NC(=O)O)C2)cc2sc(-c3cc4ccccc4n3CC3CC3)c(CCN)c12. The molecule has 4 aromatic rings. The third-order valence-electron chi connectivity index (χ3n) is 7.93. The van der Waals surface area contributed by atoms with Crippen molar-refractivity contribution in [1.82, 2.24) is 14.8 Å². The van der Waals surface area contributed by atoms with Gasteiger partial charge in [0.2, 0.25) is 0 Å². The Bertz CT molecular complexity index is 1550. The summed E-state index contributed by atoms with van der Waals surface area (Å²) < 4.78 is 9.33. The lowest BCUT2D eigenvalue weighted by atomic mass is 10.0. The van der Waals surface area contributed by atoms with Crippen molar-refractivity contribution >= 4 is 44.3 Å². The molecule has 0 spiro atoms. The summed E-state index contributed by atoms with van der Waals surface area (Å²) >= 11 is 1.69. The third-order valence-corrected chi connectivity index (χ3v) is 9.13. The van der Waals surface area contributed by atoms with Crippen LogP contribution in [0.2, 0.25) is 0 Å². The second kappa shape index (κ2) is 10.5. The van der Waals surface area contributed by atoms with E-state index in [-0.39, 0.29) is 11.9 Å². The van der Waals surface area contributed by atoms with Crippen molar-refractivity contribution in [2.75, 3.05) is 26.7 Å². The van der Waals surface area contributed by atoms with E-state index in [9.17, 15) is 9.59 Å². The summed E-state index contributed by atoms with van der Waals surface area (Å²) in [5, 5.41) is 13.9. The maximum Gasteiger partial charge on any atom is 0.404 e. The molecule has 2 aliphatic rings. The fourth-order valence-electron chi connectivity index (χ4n) is 5.92. The van der Waals surface area contributed by atoms with Crippen molar-refractivity contribution in [1.29, 1.82) is 0 Å². The molecule has 8 nitrogen and oxygen atoms in total. The lowest BCUT2D eigenvalue weighted by molar-refractivity contribution is 0.0692. The predicted molar refractivity (Wildman–Crippen MR) is 155 cm³/mol. The number of methoxy groups -OCH3 is 1. The molecule has 1 saturated carbocycles. The van der Waals surface area contributed by atoms with E-state index < -0.39 is 6.09 Å². The zero-order chi connectivity index (χ0) is 27.1. The highest BCUT2D eigenvalue weighted by Gasteiger charge is 2.29. The maximum absolute atomic E-state index is 13.6. The summed E-state index contributed by atoms with van der Waals surface area (Å²) in [6.07, 6.45) is 3.67. The number of para-hydroxylation sites is 1. The van der Waals surface area contributed by atoms with E-state index >= 15 is 0 Å². The van der Waals surface area contributed by atoms with Gasteiger partial charge >= 0.3 is 6.09 Å². The zero-order valence-electron chi connectivity index (χ0n) is 22.1. The van der Waals surface area contributed by atoms with Crippen molar-refractivity contribution in [2.24, 2.45) is 11.7 Å². The fraction of sp³-hybridized carbons (Fsp3) is 0.400. The van der Waals surface area contributed by atoms with Gasteiger partial charge in [-0.15, -0.1) is 11.3 Å². The number of carbonyl (C=O) groups excluding carboxylic acids is 1. The van der Waals surface area contributed by atoms with Crippen LogP contribution in [0, 0.1) is 5.92 Å². The number of likely N-dealkylation sites (tertiary alicyclic amines) is 1. The summed E-state index contributed by atoms with van der Waals surface area (Å²) in [5.41, 5.74) is 10.3. The Morgan fingerprint density at radius 1 is 1.18 bits per heavy atom. The Hall–Kier alpha value is -3.56. The average molecular weight is 547 g/mol. The molecule has 0 unspecified atom stereocenters. The summed E-state index contributed by atoms with van der Waals surface area (Å²) in [5.74, 6) is 1.28. The number of fused-ring (bicyclic) bond motifs is 2. The molecular formula is C30H34N4O4S. The second-order valence-corrected chi connectivity index (χ2v) is 11.7. The first-order chi connectivity index (χ1) is 19.0. The molecule has 1 atom stereocenters. The summed E-state index contributed by atoms with van der Waals surface area (Å²) in [7, 11) is 1.64. The first-order valence-corrected chi connectivity index (χ1v) is 14.5. The van der Waals surface area contributed by atoms with Crippen LogP contribution in [0.3, 0.4) is 0 Å². The van der Waals surface area contributed by atoms with Crippen LogP contribution in [-0.2, 0) is 13.0 Å². The van der Waals surface area contributed by atoms with Gasteiger partial charge in [0.15, 0.2) is 0 Å². The number of nitrogens with two attached hydrogens (primary N) is 1. The quantitative estimate of drug-likeness (QED) is 0.277. The number of hydrogen-bond donors (Lipinski definition) is 3. The predicted octanol–water partition coefficient (Wildman–Crippen LogP) is 5.32. The van der Waals surface area contributed by atoms with Gasteiger partial charge in [-0.1, -0.05) is 18.2 Å². The first-order valence-electron chi connectivity index (χ1n) is 13.7. The minimum absolute atomic E-state index is 0.106. The number of nitrogens with one attached hydrogen (secondary N) is 1. The van der Waals surface area contributed by atoms with Crippen molar-refractivity contribution in [2.45, 2.75) is 44.7 Å². The molecule has 2 amide bonds. The minimum Gasteiger partial charge on any atom is -0.496 e. The molecule has 1 aliphatic heterocycles. The first kappa shape index (κ1) is 25.7. The van der Waals surface area contributed by atoms with Gasteiger partial charge in [0.05, 0.1) is 17.7 Å². The smallest absolute Gasteiger partial charge is 0.404 e. The number of amides is 2. The van der Waals surface area contributed by atoms with Crippen LogP contribution in [0.25, 0.3) is 31.6 Å². The number of aromatic nitrogens is 1. The van der Waals surface area contributed by atoms with E-state index in [0.717, 1.165) is 41.0 Å². The van der Waals surface area contributed by atoms with Crippen LogP contribution < -0.4 is 15.8 Å². The van der Waals surface area contributed by atoms with E-state index in [0.29, 0.717) is 37.4 Å². The number of nitrogens with zero attached hydrogens (tertiary/aromatic N) is 2. The molecule has 1 aliphatic carbocycles. The van der Waals surface area contributed by atoms with E-state index in [1.165, 1.54) is 34.3 Å². The molecule has 204 valence electrons. The molecule has 39 heavy (non-hydrogen) atoms. The van der Waals surface area contributed by atoms with Crippen molar-refractivity contribution in [3.8, 4) is 16.3 Å². The van der Waals surface area contributed by atoms with Gasteiger partial charge in [-0.2, -0.15) is 0 Å². The Kier molecular flexibility index (Phi) is 6.95. The molecule has 1 saturated heterocycles. The van der Waals surface area contributed by atoms with Gasteiger partial charge in [-0.3, -0.25) is 4.79 Å². The van der Waals surface area contributed by atoms with E-state index in [2.05, 4.69) is 40.2 Å². The Balaban J connectivity index is 1.44. The Morgan fingerprint density at radius 2 is 2.00 bits per heavy atom. The average Bonchev–Trinajstić information content (AvgIpc) is 3.59. The molecule has 2 aromatic carbocycles. The van der Waals surface area contributed by atoms with Crippen LogP contribution in [0.15, 0.2) is 42.5 Å². The number of benzene rings is 2. The van der Waals surface area contributed by atoms with E-state index in [1.807, 2.05) is 12.1 Å². The summed E-state index contributed by atoms with van der Waals surface area (Å²) in [6, 6.07) is 14.4. The molecular weight excluding hydrogens is 512 g/mol. The largest absolute Gasteiger partial charge is 0.496 e. The fourth-order valence-corrected chi connectivity index (χ4v) is 7.25. The standard InChI is InChI=1S/C30H34N4O4S/c1-38-25-14-20(29(35)33-12-4-6-21(17-33)32-30(36)37)15-26-27(25)22(10-11-31)28(39-26)24-13-19-5-2-3-7-23(19)34(24)16-18-8-9-18/h2-3,5,7,13-15,18,21,32H,4,6,8-12,16-17,31H2,1H3,(H,36,37)/t21-/m1/s1. The molecule has 6 rings (SSSR count). The number of carbonyl (C=O) groups is 2. The number of carboxylic acid groups (broad SMARTS) is 1. The Labute approximate surface area is 231 Å². The van der Waals surface area contributed by atoms with Crippen molar-refractivity contribution < 1.29 is 19.4 Å². The monoisotopic (exact) mass is 546 g/mol. The number of thiophene rings is 1. The molecule has 4 N–H and O–H groups in total. The number of ether oxygens (including phenoxy) is 1. The summed E-state index contributed by atoms with van der Waals surface area (Å²) in [6.45, 7) is 2.48. The summed E-state index contributed by atoms with van der Waals surface area (Å²) in [4.78, 5) is 27.7. The number of hydrogen-bond acceptors (Lipinski definition) is 5. The minimum atomic E-state index is -1.06. The molecule has 2 aromatic heterocycles. The second-order valence-electron chi connectivity index (χ2n) is 10.7. The highest BCUT2D eigenvalue weighted by molar-refractivity contribution is 7.22. The van der Waals surface area contributed by atoms with E-state index in [4.69, 9.17) is 15.6 Å². The third kappa shape index (κ3) is 4.96. The van der Waals surface area contributed by atoms with Crippen LogP contribution >= 0.6 is 11.3 Å². The van der Waals surface area contributed by atoms with Crippen LogP contribution in [0.4, 0.5) is 4.79 Å². The van der Waals surface area contributed by atoms with Gasteiger partial charge in [-0.05, 0) is 74.4 Å².